The molecular formula is C20H18Cl4N2O. The molecule has 1 unspecified atom stereocenters. The molecule has 0 amide bonds. The fourth-order valence-electron chi connectivity index (χ4n) is 2.96. The number of imidazole rings is 1. The van der Waals surface area contributed by atoms with E-state index >= 15 is 0 Å². The summed E-state index contributed by atoms with van der Waals surface area (Å²) in [6.07, 6.45) is 7.33. The zero-order chi connectivity index (χ0) is 19.4. The van der Waals surface area contributed by atoms with Crippen LogP contribution < -0.4 is 4.74 Å². The summed E-state index contributed by atoms with van der Waals surface area (Å²) >= 11 is 24.9. The van der Waals surface area contributed by atoms with Gasteiger partial charge in [-0.3, -0.25) is 0 Å². The number of nitrogens with zero attached hydrogens (tertiary/aromatic N) is 2. The summed E-state index contributed by atoms with van der Waals surface area (Å²) in [6.45, 7) is 2.45. The molecule has 0 bridgehead atoms. The SMILES string of the molecule is CCCC(c1c(Cl)cc(Cl)cc1OCc1ccc(Cl)c(Cl)c1)n1ccnc1. The zero-order valence-corrected chi connectivity index (χ0v) is 17.7. The number of benzene rings is 2. The Morgan fingerprint density at radius 2 is 1.85 bits per heavy atom. The Morgan fingerprint density at radius 3 is 2.52 bits per heavy atom. The molecule has 0 aliphatic rings. The van der Waals surface area contributed by atoms with Crippen LogP contribution in [-0.4, -0.2) is 9.55 Å². The van der Waals surface area contributed by atoms with Crippen molar-refractivity contribution in [2.45, 2.75) is 32.4 Å². The Balaban J connectivity index is 1.95. The van der Waals surface area contributed by atoms with Crippen molar-refractivity contribution in [3.8, 4) is 5.75 Å². The van der Waals surface area contributed by atoms with E-state index in [1.54, 1.807) is 36.8 Å². The molecule has 27 heavy (non-hydrogen) atoms. The van der Waals surface area contributed by atoms with Gasteiger partial charge in [0.1, 0.15) is 12.4 Å². The van der Waals surface area contributed by atoms with Crippen molar-refractivity contribution in [2.24, 2.45) is 0 Å². The van der Waals surface area contributed by atoms with Crippen LogP contribution >= 0.6 is 46.4 Å². The van der Waals surface area contributed by atoms with Crippen LogP contribution in [0, 0.1) is 0 Å². The van der Waals surface area contributed by atoms with Crippen LogP contribution in [0.2, 0.25) is 20.1 Å². The van der Waals surface area contributed by atoms with E-state index in [-0.39, 0.29) is 6.04 Å². The summed E-state index contributed by atoms with van der Waals surface area (Å²) in [6, 6.07) is 8.95. The van der Waals surface area contributed by atoms with E-state index in [1.807, 2.05) is 16.8 Å². The average molecular weight is 444 g/mol. The molecule has 0 N–H and O–H groups in total. The quantitative estimate of drug-likeness (QED) is 0.378. The standard InChI is InChI=1S/C20H18Cl4N2O/c1-2-3-18(26-7-6-25-12-26)20-17(24)9-14(21)10-19(20)27-11-13-4-5-15(22)16(23)8-13/h4-10,12,18H,2-3,11H2,1H3. The van der Waals surface area contributed by atoms with Crippen LogP contribution in [0.4, 0.5) is 0 Å². The van der Waals surface area contributed by atoms with E-state index in [2.05, 4.69) is 11.9 Å². The molecule has 3 aromatic rings. The maximum Gasteiger partial charge on any atom is 0.128 e. The molecule has 3 nitrogen and oxygen atoms in total. The van der Waals surface area contributed by atoms with Crippen molar-refractivity contribution >= 4 is 46.4 Å². The summed E-state index contributed by atoms with van der Waals surface area (Å²) in [5, 5.41) is 2.09. The molecule has 2 aromatic carbocycles. The molecular weight excluding hydrogens is 426 g/mol. The Morgan fingerprint density at radius 1 is 1.04 bits per heavy atom. The third-order valence-corrected chi connectivity index (χ3v) is 5.48. The van der Waals surface area contributed by atoms with Gasteiger partial charge in [0.15, 0.2) is 0 Å². The lowest BCUT2D eigenvalue weighted by Gasteiger charge is -2.23. The van der Waals surface area contributed by atoms with E-state index < -0.39 is 0 Å². The van der Waals surface area contributed by atoms with Gasteiger partial charge in [0.25, 0.3) is 0 Å². The van der Waals surface area contributed by atoms with Gasteiger partial charge in [0.05, 0.1) is 27.4 Å². The van der Waals surface area contributed by atoms with Crippen LogP contribution in [0.25, 0.3) is 0 Å². The number of hydrogen-bond acceptors (Lipinski definition) is 2. The maximum atomic E-state index is 6.57. The highest BCUT2D eigenvalue weighted by atomic mass is 35.5. The number of aromatic nitrogens is 2. The van der Waals surface area contributed by atoms with Crippen LogP contribution in [-0.2, 0) is 6.61 Å². The van der Waals surface area contributed by atoms with Gasteiger partial charge in [0.2, 0.25) is 0 Å². The largest absolute Gasteiger partial charge is 0.488 e. The Hall–Kier alpha value is -1.39. The first-order chi connectivity index (χ1) is 13.0. The molecule has 0 aliphatic carbocycles. The van der Waals surface area contributed by atoms with Gasteiger partial charge in [-0.1, -0.05) is 65.8 Å². The average Bonchev–Trinajstić information content (AvgIpc) is 3.15. The molecule has 3 rings (SSSR count). The Bertz CT molecular complexity index is 913. The van der Waals surface area contributed by atoms with Gasteiger partial charge in [0, 0.05) is 23.0 Å². The molecule has 0 spiro atoms. The first-order valence-electron chi connectivity index (χ1n) is 8.52. The summed E-state index contributed by atoms with van der Waals surface area (Å²) in [4.78, 5) is 4.17. The van der Waals surface area contributed by atoms with E-state index in [9.17, 15) is 0 Å². The van der Waals surface area contributed by atoms with Crippen molar-refractivity contribution in [2.75, 3.05) is 0 Å². The lowest BCUT2D eigenvalue weighted by atomic mass is 10.0. The molecule has 7 heteroatoms. The molecule has 0 saturated heterocycles. The number of rotatable bonds is 7. The number of ether oxygens (including phenoxy) is 1. The number of halogens is 4. The Kier molecular flexibility index (Phi) is 6.93. The van der Waals surface area contributed by atoms with Crippen LogP contribution in [0.1, 0.15) is 36.9 Å². The highest BCUT2D eigenvalue weighted by Crippen LogP contribution is 2.39. The summed E-state index contributed by atoms with van der Waals surface area (Å²) in [7, 11) is 0. The fourth-order valence-corrected chi connectivity index (χ4v) is 3.89. The van der Waals surface area contributed by atoms with E-state index in [0.29, 0.717) is 32.4 Å². The summed E-state index contributed by atoms with van der Waals surface area (Å²) in [5.74, 6) is 0.644. The van der Waals surface area contributed by atoms with E-state index in [4.69, 9.17) is 51.1 Å². The molecule has 0 saturated carbocycles. The second-order valence-corrected chi connectivity index (χ2v) is 7.81. The van der Waals surface area contributed by atoms with Crippen LogP contribution in [0.5, 0.6) is 5.75 Å². The lowest BCUT2D eigenvalue weighted by molar-refractivity contribution is 0.298. The highest BCUT2D eigenvalue weighted by molar-refractivity contribution is 6.42. The third kappa shape index (κ3) is 4.91. The first kappa shape index (κ1) is 20.3. The molecule has 0 radical (unpaired) electrons. The Labute approximate surface area is 178 Å². The highest BCUT2D eigenvalue weighted by Gasteiger charge is 2.22. The molecule has 1 atom stereocenters. The zero-order valence-electron chi connectivity index (χ0n) is 14.6. The predicted molar refractivity (Wildman–Crippen MR) is 113 cm³/mol. The second kappa shape index (κ2) is 9.20. The van der Waals surface area contributed by atoms with Gasteiger partial charge in [-0.15, -0.1) is 0 Å². The summed E-state index contributed by atoms with van der Waals surface area (Å²) < 4.78 is 8.13. The molecule has 1 aromatic heterocycles. The third-order valence-electron chi connectivity index (χ3n) is 4.21. The van der Waals surface area contributed by atoms with Gasteiger partial charge in [-0.05, 0) is 36.2 Å². The van der Waals surface area contributed by atoms with Crippen LogP contribution in [0.3, 0.4) is 0 Å². The summed E-state index contributed by atoms with van der Waals surface area (Å²) in [5.41, 5.74) is 1.79. The first-order valence-corrected chi connectivity index (χ1v) is 10.0. The number of hydrogen-bond donors (Lipinski definition) is 0. The second-order valence-electron chi connectivity index (χ2n) is 6.15. The fraction of sp³-hybridized carbons (Fsp3) is 0.250. The van der Waals surface area contributed by atoms with Crippen molar-refractivity contribution in [3.63, 3.8) is 0 Å². The minimum absolute atomic E-state index is 0.00562. The lowest BCUT2D eigenvalue weighted by Crippen LogP contribution is -2.12. The minimum atomic E-state index is 0.00562. The topological polar surface area (TPSA) is 27.1 Å². The van der Waals surface area contributed by atoms with Crippen LogP contribution in [0.15, 0.2) is 49.1 Å². The molecule has 1 heterocycles. The predicted octanol–water partition coefficient (Wildman–Crippen LogP) is 7.47. The molecule has 0 fully saturated rings. The van der Waals surface area contributed by atoms with Gasteiger partial charge < -0.3 is 9.30 Å². The van der Waals surface area contributed by atoms with E-state index in [1.165, 1.54) is 0 Å². The smallest absolute Gasteiger partial charge is 0.128 e. The van der Waals surface area contributed by atoms with Crippen molar-refractivity contribution in [1.82, 2.24) is 9.55 Å². The minimum Gasteiger partial charge on any atom is -0.488 e. The van der Waals surface area contributed by atoms with Gasteiger partial charge in [-0.2, -0.15) is 0 Å². The van der Waals surface area contributed by atoms with E-state index in [0.717, 1.165) is 24.0 Å². The monoisotopic (exact) mass is 442 g/mol. The molecule has 142 valence electrons. The molecule has 0 aliphatic heterocycles. The maximum absolute atomic E-state index is 6.57. The van der Waals surface area contributed by atoms with Crippen molar-refractivity contribution in [1.29, 1.82) is 0 Å². The van der Waals surface area contributed by atoms with Gasteiger partial charge in [-0.25, -0.2) is 4.98 Å². The van der Waals surface area contributed by atoms with Gasteiger partial charge >= 0.3 is 0 Å². The normalized spacial score (nSPS) is 12.2. The van der Waals surface area contributed by atoms with Crippen molar-refractivity contribution in [3.05, 3.63) is 80.3 Å². The van der Waals surface area contributed by atoms with Crippen molar-refractivity contribution < 1.29 is 4.74 Å².